The van der Waals surface area contributed by atoms with Gasteiger partial charge in [-0.1, -0.05) is 58.4 Å². The van der Waals surface area contributed by atoms with Crippen LogP contribution in [0.5, 0.6) is 5.75 Å². The number of rotatable bonds is 7. The van der Waals surface area contributed by atoms with E-state index in [2.05, 4.69) is 19.9 Å². The third-order valence-corrected chi connectivity index (χ3v) is 9.83. The molecule has 0 aromatic heterocycles. The topological polar surface area (TPSA) is 66.8 Å². The van der Waals surface area contributed by atoms with E-state index in [1.165, 1.54) is 56.1 Å². The van der Waals surface area contributed by atoms with Crippen LogP contribution in [0, 0.1) is 23.2 Å². The first kappa shape index (κ1) is 22.3. The van der Waals surface area contributed by atoms with Crippen LogP contribution in [0.15, 0.2) is 18.2 Å². The van der Waals surface area contributed by atoms with E-state index < -0.39 is 5.60 Å². The molecule has 5 rings (SSSR count). The summed E-state index contributed by atoms with van der Waals surface area (Å²) in [6.07, 6.45) is 12.6. The normalized spacial score (nSPS) is 39.7. The SMILES string of the molecule is CCCCCCCC[C@H]1C[C@@]2(C)C(C[C@H]3OC(=O)C[C@]32O)C2CCc3cc(O)ccc3C21. The smallest absolute Gasteiger partial charge is 0.309 e. The van der Waals surface area contributed by atoms with Gasteiger partial charge in [-0.05, 0) is 79.0 Å². The second-order valence-electron chi connectivity index (χ2n) is 11.5. The summed E-state index contributed by atoms with van der Waals surface area (Å²) >= 11 is 0. The number of carbonyl (C=O) groups is 1. The predicted octanol–water partition coefficient (Wildman–Crippen LogP) is 5.88. The van der Waals surface area contributed by atoms with Gasteiger partial charge in [-0.2, -0.15) is 0 Å². The van der Waals surface area contributed by atoms with Crippen molar-refractivity contribution in [3.05, 3.63) is 29.3 Å². The summed E-state index contributed by atoms with van der Waals surface area (Å²) in [6.45, 7) is 4.52. The van der Waals surface area contributed by atoms with E-state index in [1.807, 2.05) is 12.1 Å². The Morgan fingerprint density at radius 3 is 2.75 bits per heavy atom. The minimum atomic E-state index is -1.01. The molecule has 1 aliphatic heterocycles. The van der Waals surface area contributed by atoms with Crippen LogP contribution < -0.4 is 0 Å². The van der Waals surface area contributed by atoms with Crippen molar-refractivity contribution in [2.45, 2.75) is 109 Å². The molecule has 2 saturated carbocycles. The number of aromatic hydroxyl groups is 1. The van der Waals surface area contributed by atoms with E-state index in [4.69, 9.17) is 4.74 Å². The molecule has 3 fully saturated rings. The molecule has 1 aromatic rings. The fraction of sp³-hybridized carbons (Fsp3) is 0.750. The summed E-state index contributed by atoms with van der Waals surface area (Å²) in [7, 11) is 0. The molecule has 3 unspecified atom stereocenters. The Kier molecular flexibility index (Phi) is 5.80. The van der Waals surface area contributed by atoms with Gasteiger partial charge in [0.25, 0.3) is 0 Å². The van der Waals surface area contributed by atoms with E-state index >= 15 is 0 Å². The Morgan fingerprint density at radius 2 is 1.94 bits per heavy atom. The summed E-state index contributed by atoms with van der Waals surface area (Å²) in [4.78, 5) is 12.1. The van der Waals surface area contributed by atoms with Crippen LogP contribution in [-0.4, -0.2) is 27.9 Å². The summed E-state index contributed by atoms with van der Waals surface area (Å²) < 4.78 is 5.66. The molecule has 7 atom stereocenters. The quantitative estimate of drug-likeness (QED) is 0.410. The van der Waals surface area contributed by atoms with Gasteiger partial charge in [0.05, 0.1) is 6.42 Å². The van der Waals surface area contributed by atoms with Crippen molar-refractivity contribution in [2.24, 2.45) is 23.2 Å². The average Bonchev–Trinajstić information content (AvgIpc) is 3.16. The van der Waals surface area contributed by atoms with Crippen molar-refractivity contribution in [3.8, 4) is 5.75 Å². The van der Waals surface area contributed by atoms with Gasteiger partial charge in [0.2, 0.25) is 0 Å². The third kappa shape index (κ3) is 3.40. The number of ether oxygens (including phenoxy) is 1. The average molecular weight is 441 g/mol. The molecular formula is C28H40O4. The van der Waals surface area contributed by atoms with E-state index in [1.54, 1.807) is 0 Å². The highest BCUT2D eigenvalue weighted by Crippen LogP contribution is 2.68. The largest absolute Gasteiger partial charge is 0.508 e. The van der Waals surface area contributed by atoms with Crippen LogP contribution in [-0.2, 0) is 16.0 Å². The van der Waals surface area contributed by atoms with Crippen molar-refractivity contribution >= 4 is 5.97 Å². The number of esters is 1. The minimum absolute atomic E-state index is 0.163. The lowest BCUT2D eigenvalue weighted by atomic mass is 9.49. The molecule has 0 bridgehead atoms. The number of carbonyl (C=O) groups excluding carboxylic acids is 1. The van der Waals surface area contributed by atoms with Crippen molar-refractivity contribution in [3.63, 3.8) is 0 Å². The second kappa shape index (κ2) is 8.34. The lowest BCUT2D eigenvalue weighted by Gasteiger charge is -2.56. The van der Waals surface area contributed by atoms with E-state index in [-0.39, 0.29) is 23.9 Å². The zero-order valence-electron chi connectivity index (χ0n) is 19.8. The zero-order valence-corrected chi connectivity index (χ0v) is 19.8. The Hall–Kier alpha value is -1.55. The first-order valence-electron chi connectivity index (χ1n) is 13.1. The van der Waals surface area contributed by atoms with Gasteiger partial charge in [0, 0.05) is 5.41 Å². The molecule has 176 valence electrons. The molecule has 4 heteroatoms. The lowest BCUT2D eigenvalue weighted by Crippen LogP contribution is -2.54. The molecule has 3 aliphatic carbocycles. The molecule has 4 nitrogen and oxygen atoms in total. The number of fused-ring (bicyclic) bond motifs is 7. The fourth-order valence-corrected chi connectivity index (χ4v) is 8.29. The van der Waals surface area contributed by atoms with Gasteiger partial charge >= 0.3 is 5.97 Å². The third-order valence-electron chi connectivity index (χ3n) is 9.83. The van der Waals surface area contributed by atoms with Crippen LogP contribution in [0.2, 0.25) is 0 Å². The van der Waals surface area contributed by atoms with Gasteiger partial charge in [-0.25, -0.2) is 0 Å². The molecule has 1 aromatic carbocycles. The van der Waals surface area contributed by atoms with Crippen molar-refractivity contribution in [2.75, 3.05) is 0 Å². The Morgan fingerprint density at radius 1 is 1.16 bits per heavy atom. The molecule has 0 spiro atoms. The number of unbranched alkanes of at least 4 members (excludes halogenated alkanes) is 5. The van der Waals surface area contributed by atoms with Gasteiger partial charge < -0.3 is 14.9 Å². The number of aryl methyl sites for hydroxylation is 1. The van der Waals surface area contributed by atoms with Crippen LogP contribution in [0.3, 0.4) is 0 Å². The second-order valence-corrected chi connectivity index (χ2v) is 11.5. The molecule has 1 saturated heterocycles. The van der Waals surface area contributed by atoms with Crippen LogP contribution >= 0.6 is 0 Å². The number of hydrogen-bond acceptors (Lipinski definition) is 4. The van der Waals surface area contributed by atoms with Crippen LogP contribution in [0.1, 0.15) is 102 Å². The number of phenols is 1. The van der Waals surface area contributed by atoms with Gasteiger partial charge in [-0.15, -0.1) is 0 Å². The monoisotopic (exact) mass is 440 g/mol. The first-order chi connectivity index (χ1) is 15.4. The Labute approximate surface area is 192 Å². The van der Waals surface area contributed by atoms with Crippen molar-refractivity contribution in [1.82, 2.24) is 0 Å². The minimum Gasteiger partial charge on any atom is -0.508 e. The van der Waals surface area contributed by atoms with Gasteiger partial charge in [0.1, 0.15) is 17.5 Å². The predicted molar refractivity (Wildman–Crippen MR) is 124 cm³/mol. The fourth-order valence-electron chi connectivity index (χ4n) is 8.29. The molecule has 1 heterocycles. The summed E-state index contributed by atoms with van der Waals surface area (Å²) in [6, 6.07) is 6.00. The highest BCUT2D eigenvalue weighted by Gasteiger charge is 2.71. The summed E-state index contributed by atoms with van der Waals surface area (Å²) in [5, 5.41) is 21.9. The van der Waals surface area contributed by atoms with Crippen LogP contribution in [0.25, 0.3) is 0 Å². The number of benzene rings is 1. The number of hydrogen-bond donors (Lipinski definition) is 2. The highest BCUT2D eigenvalue weighted by molar-refractivity contribution is 5.74. The zero-order chi connectivity index (χ0) is 22.5. The van der Waals surface area contributed by atoms with Crippen molar-refractivity contribution in [1.29, 1.82) is 0 Å². The van der Waals surface area contributed by atoms with Gasteiger partial charge in [-0.3, -0.25) is 4.79 Å². The maximum absolute atomic E-state index is 12.1. The molecule has 0 amide bonds. The Balaban J connectivity index is 1.43. The first-order valence-corrected chi connectivity index (χ1v) is 13.1. The molecule has 0 radical (unpaired) electrons. The van der Waals surface area contributed by atoms with Crippen molar-refractivity contribution < 1.29 is 19.7 Å². The number of phenolic OH excluding ortho intramolecular Hbond substituents is 1. The molecular weight excluding hydrogens is 400 g/mol. The van der Waals surface area contributed by atoms with E-state index in [9.17, 15) is 15.0 Å². The molecule has 2 N–H and O–H groups in total. The maximum Gasteiger partial charge on any atom is 0.309 e. The van der Waals surface area contributed by atoms with Gasteiger partial charge in [0.15, 0.2) is 0 Å². The van der Waals surface area contributed by atoms with E-state index in [0.29, 0.717) is 29.4 Å². The summed E-state index contributed by atoms with van der Waals surface area (Å²) in [5.41, 5.74) is 1.48. The highest BCUT2D eigenvalue weighted by atomic mass is 16.6. The molecule has 4 aliphatic rings. The lowest BCUT2D eigenvalue weighted by molar-refractivity contribution is -0.142. The van der Waals surface area contributed by atoms with E-state index in [0.717, 1.165) is 25.7 Å². The number of aliphatic hydroxyl groups is 1. The summed E-state index contributed by atoms with van der Waals surface area (Å²) in [5.74, 6) is 2.05. The molecule has 32 heavy (non-hydrogen) atoms. The standard InChI is InChI=1S/C28H40O4/c1-3-4-5-6-7-8-9-19-16-27(2)23(15-24-28(27,31)17-25(30)32-24)22-12-10-18-14-20(29)11-13-21(18)26(19)22/h11,13-14,19,22-24,26,29,31H,3-10,12,15-17H2,1-2H3/t19-,22?,23?,24+,26?,27-,28-/m0/s1. The van der Waals surface area contributed by atoms with Crippen LogP contribution in [0.4, 0.5) is 0 Å². The Bertz CT molecular complexity index is 865. The maximum atomic E-state index is 12.1.